The van der Waals surface area contributed by atoms with Crippen molar-refractivity contribution < 1.29 is 58.9 Å². The number of benzene rings is 1. The first kappa shape index (κ1) is 33.8. The van der Waals surface area contributed by atoms with Gasteiger partial charge in [-0.15, -0.1) is 0 Å². The molecule has 1 aromatic carbocycles. The van der Waals surface area contributed by atoms with Gasteiger partial charge in [0.2, 0.25) is 11.7 Å². The van der Waals surface area contributed by atoms with E-state index in [0.717, 1.165) is 11.4 Å². The topological polar surface area (TPSA) is 218 Å². The summed E-state index contributed by atoms with van der Waals surface area (Å²) in [4.78, 5) is 49.3. The number of aliphatic hydroxyl groups is 2. The molecule has 0 spiro atoms. The number of piperidine rings is 1. The van der Waals surface area contributed by atoms with E-state index in [1.54, 1.807) is 44.6 Å². The van der Waals surface area contributed by atoms with E-state index < -0.39 is 42.0 Å². The Morgan fingerprint density at radius 2 is 1.48 bits per heavy atom. The average Bonchev–Trinajstić information content (AvgIpc) is 3.31. The highest BCUT2D eigenvalue weighted by atomic mass is 16.5. The number of carbonyl (C=O) groups is 4. The number of carboxylic acid groups (broad SMARTS) is 3. The Morgan fingerprint density at radius 3 is 1.86 bits per heavy atom. The predicted molar refractivity (Wildman–Crippen MR) is 145 cm³/mol. The molecule has 2 heterocycles. The minimum Gasteiger partial charge on any atom is -0.493 e. The van der Waals surface area contributed by atoms with Crippen LogP contribution in [-0.2, 0) is 32.1 Å². The molecule has 1 amide bonds. The maximum absolute atomic E-state index is 12.8. The Labute approximate surface area is 241 Å². The molecule has 1 aromatic heterocycles. The van der Waals surface area contributed by atoms with E-state index in [1.807, 2.05) is 17.7 Å². The first-order valence-corrected chi connectivity index (χ1v) is 12.8. The predicted octanol–water partition coefficient (Wildman–Crippen LogP) is 0.565. The quantitative estimate of drug-likeness (QED) is 0.227. The van der Waals surface area contributed by atoms with Crippen molar-refractivity contribution in [2.75, 3.05) is 34.4 Å². The van der Waals surface area contributed by atoms with Crippen LogP contribution in [0.15, 0.2) is 24.5 Å². The number of rotatable bonds is 12. The van der Waals surface area contributed by atoms with Crippen LogP contribution >= 0.6 is 0 Å². The molecule has 0 saturated carbocycles. The molecule has 2 aromatic rings. The highest BCUT2D eigenvalue weighted by Crippen LogP contribution is 2.38. The van der Waals surface area contributed by atoms with Crippen molar-refractivity contribution in [2.45, 2.75) is 56.8 Å². The molecule has 0 atom stereocenters. The first-order valence-electron chi connectivity index (χ1n) is 12.8. The number of aryl methyl sites for hydroxylation is 1. The number of hydrogen-bond acceptors (Lipinski definition) is 10. The SMILES string of the molecule is COc1cc(CC(=O)N2CCC(O)(Cn3ccnc3C)CC2)cc(OC)c1OC.O=C(O)CC(O)(CC(=O)O)C(=O)O. The molecule has 1 aliphatic heterocycles. The number of hydrogen-bond donors (Lipinski definition) is 5. The molecule has 3 rings (SSSR count). The number of ether oxygens (including phenoxy) is 3. The molecular weight excluding hydrogens is 558 g/mol. The summed E-state index contributed by atoms with van der Waals surface area (Å²) in [5.74, 6) is -2.57. The van der Waals surface area contributed by atoms with Gasteiger partial charge in [-0.25, -0.2) is 9.78 Å². The number of amides is 1. The number of nitrogens with zero attached hydrogens (tertiary/aromatic N) is 3. The van der Waals surface area contributed by atoms with Gasteiger partial charge in [0.15, 0.2) is 17.1 Å². The molecule has 15 heteroatoms. The summed E-state index contributed by atoms with van der Waals surface area (Å²) in [5, 5.41) is 44.7. The number of aliphatic carboxylic acids is 3. The van der Waals surface area contributed by atoms with Gasteiger partial charge >= 0.3 is 17.9 Å². The fourth-order valence-electron chi connectivity index (χ4n) is 4.46. The number of aromatic nitrogens is 2. The third kappa shape index (κ3) is 9.07. The van der Waals surface area contributed by atoms with E-state index in [9.17, 15) is 24.3 Å². The van der Waals surface area contributed by atoms with Crippen LogP contribution in [0.3, 0.4) is 0 Å². The van der Waals surface area contributed by atoms with Gasteiger partial charge in [-0.05, 0) is 37.5 Å². The van der Waals surface area contributed by atoms with Crippen molar-refractivity contribution in [3.8, 4) is 17.2 Å². The summed E-state index contributed by atoms with van der Waals surface area (Å²) in [6.07, 6.45) is 2.61. The van der Waals surface area contributed by atoms with Crippen molar-refractivity contribution in [2.24, 2.45) is 0 Å². The largest absolute Gasteiger partial charge is 0.493 e. The maximum atomic E-state index is 12.8. The van der Waals surface area contributed by atoms with Crippen LogP contribution in [0.1, 0.15) is 37.1 Å². The fraction of sp³-hybridized carbons (Fsp3) is 0.519. The third-order valence-electron chi connectivity index (χ3n) is 6.80. The molecule has 15 nitrogen and oxygen atoms in total. The van der Waals surface area contributed by atoms with Gasteiger partial charge in [-0.3, -0.25) is 14.4 Å². The molecule has 5 N–H and O–H groups in total. The molecule has 0 aliphatic carbocycles. The number of methoxy groups -OCH3 is 3. The molecular formula is C27H37N3O12. The van der Waals surface area contributed by atoms with E-state index in [2.05, 4.69) is 4.98 Å². The zero-order valence-corrected chi connectivity index (χ0v) is 23.9. The monoisotopic (exact) mass is 595 g/mol. The van der Waals surface area contributed by atoms with E-state index in [0.29, 0.717) is 49.7 Å². The van der Waals surface area contributed by atoms with Gasteiger partial charge in [0.25, 0.3) is 0 Å². The second kappa shape index (κ2) is 14.5. The third-order valence-corrected chi connectivity index (χ3v) is 6.80. The summed E-state index contributed by atoms with van der Waals surface area (Å²) in [7, 11) is 4.65. The average molecular weight is 596 g/mol. The summed E-state index contributed by atoms with van der Waals surface area (Å²) < 4.78 is 18.0. The summed E-state index contributed by atoms with van der Waals surface area (Å²) in [6.45, 7) is 3.45. The number of carboxylic acids is 3. The second-order valence-corrected chi connectivity index (χ2v) is 9.90. The zero-order valence-electron chi connectivity index (χ0n) is 23.9. The van der Waals surface area contributed by atoms with Crippen molar-refractivity contribution in [1.29, 1.82) is 0 Å². The lowest BCUT2D eigenvalue weighted by Gasteiger charge is -2.38. The van der Waals surface area contributed by atoms with Gasteiger partial charge in [0.1, 0.15) is 5.82 Å². The van der Waals surface area contributed by atoms with Gasteiger partial charge in [0, 0.05) is 25.5 Å². The van der Waals surface area contributed by atoms with Crippen LogP contribution < -0.4 is 14.2 Å². The Kier molecular flexibility index (Phi) is 11.7. The van der Waals surface area contributed by atoms with Gasteiger partial charge in [-0.1, -0.05) is 0 Å². The van der Waals surface area contributed by atoms with E-state index in [4.69, 9.17) is 34.6 Å². The molecule has 1 saturated heterocycles. The van der Waals surface area contributed by atoms with Crippen molar-refractivity contribution in [3.63, 3.8) is 0 Å². The second-order valence-electron chi connectivity index (χ2n) is 9.90. The smallest absolute Gasteiger partial charge is 0.336 e. The first-order chi connectivity index (χ1) is 19.7. The fourth-order valence-corrected chi connectivity index (χ4v) is 4.46. The standard InChI is InChI=1S/C21H29N3O5.C6H8O7/c1-15-22-7-10-24(15)14-21(26)5-8-23(9-6-21)19(25)13-16-11-17(27-2)20(29-4)18(12-16)28-3;7-3(8)1-6(13,5(11)12)2-4(9)10/h7,10-12,26H,5-6,8-9,13-14H2,1-4H3;13H,1-2H2,(H,7,8)(H,9,10)(H,11,12). The normalized spacial score (nSPS) is 14.3. The van der Waals surface area contributed by atoms with Gasteiger partial charge < -0.3 is 49.2 Å². The Hall–Kier alpha value is -4.37. The van der Waals surface area contributed by atoms with E-state index in [-0.39, 0.29) is 12.3 Å². The zero-order chi connectivity index (χ0) is 31.7. The summed E-state index contributed by atoms with van der Waals surface area (Å²) in [6, 6.07) is 3.59. The molecule has 232 valence electrons. The lowest BCUT2D eigenvalue weighted by Crippen LogP contribution is -2.49. The van der Waals surface area contributed by atoms with Crippen molar-refractivity contribution >= 4 is 23.8 Å². The van der Waals surface area contributed by atoms with E-state index in [1.165, 1.54) is 0 Å². The Balaban J connectivity index is 0.000000401. The number of imidazole rings is 1. The van der Waals surface area contributed by atoms with Crippen LogP contribution in [-0.4, -0.2) is 109 Å². The highest BCUT2D eigenvalue weighted by Gasteiger charge is 2.41. The molecule has 1 aliphatic rings. The number of carbonyl (C=O) groups excluding carboxylic acids is 1. The molecule has 0 radical (unpaired) electrons. The number of likely N-dealkylation sites (tertiary alicyclic amines) is 1. The van der Waals surface area contributed by atoms with Crippen LogP contribution in [0.5, 0.6) is 17.2 Å². The van der Waals surface area contributed by atoms with Crippen LogP contribution in [0.2, 0.25) is 0 Å². The molecule has 42 heavy (non-hydrogen) atoms. The maximum Gasteiger partial charge on any atom is 0.336 e. The molecule has 1 fully saturated rings. The van der Waals surface area contributed by atoms with E-state index >= 15 is 0 Å². The van der Waals surface area contributed by atoms with Crippen molar-refractivity contribution in [1.82, 2.24) is 14.5 Å². The minimum absolute atomic E-state index is 0.0140. The minimum atomic E-state index is -2.74. The van der Waals surface area contributed by atoms with Crippen molar-refractivity contribution in [3.05, 3.63) is 35.9 Å². The summed E-state index contributed by atoms with van der Waals surface area (Å²) in [5.41, 5.74) is -2.77. The van der Waals surface area contributed by atoms with Crippen LogP contribution in [0.25, 0.3) is 0 Å². The van der Waals surface area contributed by atoms with Gasteiger partial charge in [-0.2, -0.15) is 0 Å². The lowest BCUT2D eigenvalue weighted by molar-refractivity contribution is -0.170. The Bertz CT molecular complexity index is 1230. The van der Waals surface area contributed by atoms with Crippen LogP contribution in [0, 0.1) is 6.92 Å². The molecule has 0 bridgehead atoms. The highest BCUT2D eigenvalue weighted by molar-refractivity contribution is 5.88. The Morgan fingerprint density at radius 1 is 0.952 bits per heavy atom. The summed E-state index contributed by atoms with van der Waals surface area (Å²) >= 11 is 0. The molecule has 0 unspecified atom stereocenters. The van der Waals surface area contributed by atoms with Gasteiger partial charge in [0.05, 0.1) is 52.7 Å². The lowest BCUT2D eigenvalue weighted by atomic mass is 9.91. The van der Waals surface area contributed by atoms with Crippen LogP contribution in [0.4, 0.5) is 0 Å².